The Morgan fingerprint density at radius 2 is 2.20 bits per heavy atom. The van der Waals surface area contributed by atoms with Gasteiger partial charge in [0.1, 0.15) is 0 Å². The molecule has 0 unspecified atom stereocenters. The molecule has 78 valence electrons. The Kier molecular flexibility index (Phi) is 3.36. The van der Waals surface area contributed by atoms with Gasteiger partial charge in [-0.2, -0.15) is 4.37 Å². The van der Waals surface area contributed by atoms with Gasteiger partial charge >= 0.3 is 0 Å². The highest BCUT2D eigenvalue weighted by atomic mass is 35.5. The van der Waals surface area contributed by atoms with Crippen LogP contribution in [-0.2, 0) is 6.42 Å². The number of hydrogen-bond donors (Lipinski definition) is 1. The summed E-state index contributed by atoms with van der Waals surface area (Å²) < 4.78 is 4.37. The molecule has 0 amide bonds. The lowest BCUT2D eigenvalue weighted by Crippen LogP contribution is -2.00. The van der Waals surface area contributed by atoms with Crippen LogP contribution in [0.3, 0.4) is 0 Å². The van der Waals surface area contributed by atoms with Gasteiger partial charge in [-0.15, -0.1) is 0 Å². The molecule has 0 aliphatic rings. The maximum Gasteiger partial charge on any atom is 0.0844 e. The molecule has 0 radical (unpaired) electrons. The van der Waals surface area contributed by atoms with E-state index in [1.807, 2.05) is 24.3 Å². The van der Waals surface area contributed by atoms with Gasteiger partial charge in [-0.05, 0) is 42.7 Å². The van der Waals surface area contributed by atoms with Crippen LogP contribution in [0.15, 0.2) is 30.3 Å². The molecule has 4 heteroatoms. The Hall–Kier alpha value is -0.900. The van der Waals surface area contributed by atoms with E-state index >= 15 is 0 Å². The highest BCUT2D eigenvalue weighted by Crippen LogP contribution is 2.24. The zero-order valence-electron chi connectivity index (χ0n) is 8.11. The molecule has 0 bridgehead atoms. The van der Waals surface area contributed by atoms with Crippen LogP contribution in [0.25, 0.3) is 11.3 Å². The van der Waals surface area contributed by atoms with Gasteiger partial charge in [-0.3, -0.25) is 0 Å². The summed E-state index contributed by atoms with van der Waals surface area (Å²) >= 11 is 7.42. The monoisotopic (exact) mass is 238 g/mol. The summed E-state index contributed by atoms with van der Waals surface area (Å²) in [5.41, 5.74) is 7.53. The quantitative estimate of drug-likeness (QED) is 0.893. The number of halogens is 1. The molecule has 2 aromatic rings. The van der Waals surface area contributed by atoms with Crippen LogP contribution in [0.4, 0.5) is 0 Å². The van der Waals surface area contributed by atoms with Crippen LogP contribution in [0.1, 0.15) is 4.88 Å². The standard InChI is InChI=1S/C11H11ClN2S/c12-9-3-1-2-8(6-9)11-7-10(4-5-13)15-14-11/h1-3,6-7H,4-5,13H2. The summed E-state index contributed by atoms with van der Waals surface area (Å²) in [6.45, 7) is 0.664. The van der Waals surface area contributed by atoms with Gasteiger partial charge in [0.2, 0.25) is 0 Å². The van der Waals surface area contributed by atoms with Crippen LogP contribution in [-0.4, -0.2) is 10.9 Å². The van der Waals surface area contributed by atoms with Crippen molar-refractivity contribution in [3.8, 4) is 11.3 Å². The highest BCUT2D eigenvalue weighted by molar-refractivity contribution is 7.06. The number of aromatic nitrogens is 1. The SMILES string of the molecule is NCCc1cc(-c2cccc(Cl)c2)ns1. The molecule has 0 saturated carbocycles. The normalized spacial score (nSPS) is 10.5. The third kappa shape index (κ3) is 2.56. The average Bonchev–Trinajstić information content (AvgIpc) is 2.67. The van der Waals surface area contributed by atoms with E-state index in [9.17, 15) is 0 Å². The highest BCUT2D eigenvalue weighted by Gasteiger charge is 2.04. The fraction of sp³-hybridized carbons (Fsp3) is 0.182. The van der Waals surface area contributed by atoms with Gasteiger partial charge in [0.15, 0.2) is 0 Å². The van der Waals surface area contributed by atoms with E-state index in [0.717, 1.165) is 22.7 Å². The maximum absolute atomic E-state index is 5.92. The van der Waals surface area contributed by atoms with Gasteiger partial charge in [-0.1, -0.05) is 23.7 Å². The van der Waals surface area contributed by atoms with Crippen molar-refractivity contribution in [2.75, 3.05) is 6.54 Å². The summed E-state index contributed by atoms with van der Waals surface area (Å²) in [7, 11) is 0. The molecule has 2 N–H and O–H groups in total. The Bertz CT molecular complexity index is 453. The summed E-state index contributed by atoms with van der Waals surface area (Å²) in [6, 6.07) is 9.79. The first kappa shape index (κ1) is 10.6. The molecule has 0 fully saturated rings. The maximum atomic E-state index is 5.92. The first-order valence-electron chi connectivity index (χ1n) is 4.71. The van der Waals surface area contributed by atoms with Crippen molar-refractivity contribution in [1.29, 1.82) is 0 Å². The van der Waals surface area contributed by atoms with Gasteiger partial charge in [0, 0.05) is 15.5 Å². The topological polar surface area (TPSA) is 38.9 Å². The number of benzene rings is 1. The molecule has 1 heterocycles. The summed E-state index contributed by atoms with van der Waals surface area (Å²) in [5, 5.41) is 0.737. The minimum absolute atomic E-state index is 0.664. The lowest BCUT2D eigenvalue weighted by molar-refractivity contribution is 0.989. The van der Waals surface area contributed by atoms with Gasteiger partial charge in [0.25, 0.3) is 0 Å². The molecule has 15 heavy (non-hydrogen) atoms. The summed E-state index contributed by atoms with van der Waals surface area (Å²) in [4.78, 5) is 1.22. The molecular weight excluding hydrogens is 228 g/mol. The third-order valence-corrected chi connectivity index (χ3v) is 3.15. The molecule has 2 rings (SSSR count). The summed E-state index contributed by atoms with van der Waals surface area (Å²) in [5.74, 6) is 0. The molecule has 0 atom stereocenters. The Labute approximate surface area is 97.9 Å². The van der Waals surface area contributed by atoms with Crippen molar-refractivity contribution in [2.24, 2.45) is 5.73 Å². The fourth-order valence-electron chi connectivity index (χ4n) is 1.36. The largest absolute Gasteiger partial charge is 0.330 e. The zero-order valence-corrected chi connectivity index (χ0v) is 9.68. The van der Waals surface area contributed by atoms with Crippen LogP contribution >= 0.6 is 23.1 Å². The Balaban J connectivity index is 2.29. The summed E-state index contributed by atoms with van der Waals surface area (Å²) in [6.07, 6.45) is 0.887. The van der Waals surface area contributed by atoms with Crippen molar-refractivity contribution >= 4 is 23.1 Å². The molecule has 0 saturated heterocycles. The van der Waals surface area contributed by atoms with Crippen molar-refractivity contribution in [1.82, 2.24) is 4.37 Å². The van der Waals surface area contributed by atoms with E-state index in [4.69, 9.17) is 17.3 Å². The third-order valence-electron chi connectivity index (χ3n) is 2.07. The molecule has 0 aliphatic carbocycles. The van der Waals surface area contributed by atoms with Gasteiger partial charge in [-0.25, -0.2) is 0 Å². The molecule has 1 aromatic carbocycles. The number of rotatable bonds is 3. The predicted molar refractivity (Wildman–Crippen MR) is 65.3 cm³/mol. The first-order valence-corrected chi connectivity index (χ1v) is 5.86. The Morgan fingerprint density at radius 1 is 1.33 bits per heavy atom. The zero-order chi connectivity index (χ0) is 10.7. The molecule has 2 nitrogen and oxygen atoms in total. The van der Waals surface area contributed by atoms with Crippen LogP contribution < -0.4 is 5.73 Å². The predicted octanol–water partition coefficient (Wildman–Crippen LogP) is 2.96. The van der Waals surface area contributed by atoms with E-state index in [0.29, 0.717) is 6.54 Å². The van der Waals surface area contributed by atoms with E-state index in [1.54, 1.807) is 0 Å². The lowest BCUT2D eigenvalue weighted by atomic mass is 10.1. The molecule has 0 aliphatic heterocycles. The molecule has 0 spiro atoms. The minimum Gasteiger partial charge on any atom is -0.330 e. The number of nitrogens with zero attached hydrogens (tertiary/aromatic N) is 1. The minimum atomic E-state index is 0.664. The smallest absolute Gasteiger partial charge is 0.0844 e. The van der Waals surface area contributed by atoms with Crippen LogP contribution in [0.2, 0.25) is 5.02 Å². The van der Waals surface area contributed by atoms with E-state index in [1.165, 1.54) is 16.4 Å². The van der Waals surface area contributed by atoms with Crippen LogP contribution in [0.5, 0.6) is 0 Å². The van der Waals surface area contributed by atoms with Crippen LogP contribution in [0, 0.1) is 0 Å². The lowest BCUT2D eigenvalue weighted by Gasteiger charge is -1.95. The van der Waals surface area contributed by atoms with Gasteiger partial charge < -0.3 is 5.73 Å². The number of nitrogens with two attached hydrogens (primary N) is 1. The van der Waals surface area contributed by atoms with E-state index in [-0.39, 0.29) is 0 Å². The molecule has 1 aromatic heterocycles. The second-order valence-electron chi connectivity index (χ2n) is 3.23. The van der Waals surface area contributed by atoms with Gasteiger partial charge in [0.05, 0.1) is 5.69 Å². The van der Waals surface area contributed by atoms with Crippen molar-refractivity contribution < 1.29 is 0 Å². The van der Waals surface area contributed by atoms with Crippen molar-refractivity contribution in [2.45, 2.75) is 6.42 Å². The molecular formula is C11H11ClN2S. The van der Waals surface area contributed by atoms with Crippen molar-refractivity contribution in [3.63, 3.8) is 0 Å². The van der Waals surface area contributed by atoms with E-state index in [2.05, 4.69) is 10.4 Å². The number of hydrogen-bond acceptors (Lipinski definition) is 3. The second-order valence-corrected chi connectivity index (χ2v) is 4.55. The van der Waals surface area contributed by atoms with E-state index < -0.39 is 0 Å². The first-order chi connectivity index (χ1) is 7.29. The fourth-order valence-corrected chi connectivity index (χ4v) is 2.29. The second kappa shape index (κ2) is 4.75. The average molecular weight is 239 g/mol. The van der Waals surface area contributed by atoms with Crippen molar-refractivity contribution in [3.05, 3.63) is 40.2 Å². The Morgan fingerprint density at radius 3 is 2.93 bits per heavy atom.